The van der Waals surface area contributed by atoms with Gasteiger partial charge in [-0.3, -0.25) is 19.0 Å². The highest BCUT2D eigenvalue weighted by molar-refractivity contribution is 6.32. The number of halogens is 3. The average Bonchev–Trinajstić information content (AvgIpc) is 3.59. The largest absolute Gasteiger partial charge is 0.463 e. The maximum atomic E-state index is 15.2. The molecule has 0 aliphatic carbocycles. The van der Waals surface area contributed by atoms with E-state index in [-0.39, 0.29) is 57.5 Å². The lowest BCUT2D eigenvalue weighted by Gasteiger charge is -2.19. The van der Waals surface area contributed by atoms with Crippen LogP contribution in [-0.2, 0) is 25.6 Å². The highest BCUT2D eigenvalue weighted by Crippen LogP contribution is 2.31. The van der Waals surface area contributed by atoms with Crippen molar-refractivity contribution >= 4 is 47.0 Å². The third-order valence-corrected chi connectivity index (χ3v) is 8.68. The highest BCUT2D eigenvalue weighted by atomic mass is 35.5. The third kappa shape index (κ3) is 9.21. The number of benzene rings is 3. The van der Waals surface area contributed by atoms with Gasteiger partial charge in [-0.05, 0) is 48.0 Å². The van der Waals surface area contributed by atoms with Gasteiger partial charge < -0.3 is 23.7 Å². The van der Waals surface area contributed by atoms with E-state index in [0.29, 0.717) is 11.2 Å². The van der Waals surface area contributed by atoms with E-state index >= 15 is 4.39 Å². The summed E-state index contributed by atoms with van der Waals surface area (Å²) >= 11 is 12.1. The first-order valence-electron chi connectivity index (χ1n) is 16.4. The van der Waals surface area contributed by atoms with Crippen molar-refractivity contribution < 1.29 is 47.3 Å². The van der Waals surface area contributed by atoms with Crippen molar-refractivity contribution in [2.24, 2.45) is 0 Å². The fourth-order valence-electron chi connectivity index (χ4n) is 5.44. The van der Waals surface area contributed by atoms with E-state index in [2.05, 4.69) is 4.98 Å². The molecule has 1 saturated heterocycles. The van der Waals surface area contributed by atoms with Crippen LogP contribution >= 0.6 is 23.2 Å². The first-order chi connectivity index (χ1) is 26.4. The van der Waals surface area contributed by atoms with Gasteiger partial charge in [-0.25, -0.2) is 19.4 Å². The maximum absolute atomic E-state index is 15.2. The van der Waals surface area contributed by atoms with Crippen LogP contribution in [0.3, 0.4) is 0 Å². The Morgan fingerprint density at radius 1 is 0.891 bits per heavy atom. The molecule has 0 unspecified atom stereocenters. The van der Waals surface area contributed by atoms with Crippen molar-refractivity contribution in [3.63, 3.8) is 0 Å². The number of carbonyl (C=O) groups excluding carboxylic acids is 4. The number of carbonyl (C=O) groups is 4. The lowest BCUT2D eigenvalue weighted by atomic mass is 10.1. The topological polar surface area (TPSA) is 171 Å². The quantitative estimate of drug-likeness (QED) is 0.156. The van der Waals surface area contributed by atoms with Crippen molar-refractivity contribution in [1.82, 2.24) is 14.1 Å². The average molecular weight is 793 g/mol. The minimum Gasteiger partial charge on any atom is -0.463 e. The molecule has 0 radical (unpaired) electrons. The Labute approximate surface area is 320 Å². The lowest BCUT2D eigenvalue weighted by Crippen LogP contribution is -2.46. The summed E-state index contributed by atoms with van der Waals surface area (Å²) in [6, 6.07) is 20.8. The standard InChI is InChI=1S/C38H28Cl2FN3O11/c1-21(45)51-20-31-30(52-19-22-10-12-26(39)13-11-22)16-33(53-31)43-18-28(41)35(47)44(38(43)50)34(46)24-8-5-9-25(14-24)37(49)55-32-15-29(27(40)17-42-32)54-36(48)23-6-3-2-4-7-23/h2-15,17-18,30-31,33H,16,19-20H2,1H3/t30-,31+,33+/m0/s1. The number of nitrogens with zero attached hydrogens (tertiary/aromatic N) is 3. The van der Waals surface area contributed by atoms with E-state index in [9.17, 15) is 28.8 Å². The summed E-state index contributed by atoms with van der Waals surface area (Å²) < 4.78 is 43.7. The number of pyridine rings is 1. The van der Waals surface area contributed by atoms with Gasteiger partial charge in [-0.1, -0.05) is 59.6 Å². The Bertz CT molecular complexity index is 2390. The number of ether oxygens (including phenoxy) is 5. The van der Waals surface area contributed by atoms with E-state index in [1.165, 1.54) is 37.3 Å². The van der Waals surface area contributed by atoms with Crippen molar-refractivity contribution in [3.05, 3.63) is 156 Å². The van der Waals surface area contributed by atoms with Gasteiger partial charge in [-0.2, -0.15) is 8.96 Å². The van der Waals surface area contributed by atoms with Crippen molar-refractivity contribution in [1.29, 1.82) is 0 Å². The Kier molecular flexibility index (Phi) is 12.0. The molecule has 3 aromatic carbocycles. The summed E-state index contributed by atoms with van der Waals surface area (Å²) in [7, 11) is 0. The predicted molar refractivity (Wildman–Crippen MR) is 192 cm³/mol. The van der Waals surface area contributed by atoms with Crippen LogP contribution in [0, 0.1) is 5.82 Å². The number of hydrogen-bond donors (Lipinski definition) is 0. The minimum atomic E-state index is -1.55. The molecule has 55 heavy (non-hydrogen) atoms. The molecule has 0 spiro atoms. The van der Waals surface area contributed by atoms with Crippen LogP contribution in [0.5, 0.6) is 11.6 Å². The first kappa shape index (κ1) is 38.7. The summed E-state index contributed by atoms with van der Waals surface area (Å²) in [5, 5.41) is 0.472. The van der Waals surface area contributed by atoms with Crippen LogP contribution in [0.4, 0.5) is 4.39 Å². The van der Waals surface area contributed by atoms with Gasteiger partial charge in [0.15, 0.2) is 5.75 Å². The molecule has 1 aliphatic rings. The molecule has 282 valence electrons. The molecule has 1 fully saturated rings. The molecule has 0 N–H and O–H groups in total. The zero-order chi connectivity index (χ0) is 39.2. The zero-order valence-corrected chi connectivity index (χ0v) is 30.1. The second-order valence-corrected chi connectivity index (χ2v) is 12.8. The fraction of sp³-hybridized carbons (Fsp3) is 0.184. The molecular weight excluding hydrogens is 764 g/mol. The van der Waals surface area contributed by atoms with Crippen molar-refractivity contribution in [2.75, 3.05) is 6.61 Å². The summed E-state index contributed by atoms with van der Waals surface area (Å²) in [4.78, 5) is 81.4. The normalized spacial score (nSPS) is 16.3. The summed E-state index contributed by atoms with van der Waals surface area (Å²) in [5.41, 5.74) is -2.37. The van der Waals surface area contributed by atoms with E-state index in [4.69, 9.17) is 46.9 Å². The van der Waals surface area contributed by atoms with Gasteiger partial charge in [0, 0.05) is 30.0 Å². The third-order valence-electron chi connectivity index (χ3n) is 8.14. The smallest absolute Gasteiger partial charge is 0.344 e. The molecule has 6 rings (SSSR count). The molecule has 3 atom stereocenters. The van der Waals surface area contributed by atoms with E-state index in [0.717, 1.165) is 28.5 Å². The molecule has 0 bridgehead atoms. The fourth-order valence-corrected chi connectivity index (χ4v) is 5.71. The minimum absolute atomic E-state index is 0.0493. The maximum Gasteiger partial charge on any atom is 0.344 e. The Morgan fingerprint density at radius 3 is 2.31 bits per heavy atom. The van der Waals surface area contributed by atoms with Gasteiger partial charge in [-0.15, -0.1) is 0 Å². The second-order valence-electron chi connectivity index (χ2n) is 11.9. The molecular formula is C38H28Cl2FN3O11. The van der Waals surface area contributed by atoms with E-state index in [1.807, 2.05) is 0 Å². The van der Waals surface area contributed by atoms with Gasteiger partial charge in [0.2, 0.25) is 11.7 Å². The van der Waals surface area contributed by atoms with Gasteiger partial charge in [0.25, 0.3) is 11.5 Å². The molecule has 2 aromatic heterocycles. The van der Waals surface area contributed by atoms with E-state index in [1.54, 1.807) is 42.5 Å². The predicted octanol–water partition coefficient (Wildman–Crippen LogP) is 5.41. The number of esters is 3. The van der Waals surface area contributed by atoms with Crippen LogP contribution in [0.1, 0.15) is 56.2 Å². The van der Waals surface area contributed by atoms with Gasteiger partial charge in [0.05, 0.1) is 36.2 Å². The van der Waals surface area contributed by atoms with Crippen LogP contribution in [0.2, 0.25) is 10.0 Å². The van der Waals surface area contributed by atoms with Gasteiger partial charge in [0.1, 0.15) is 24.0 Å². The van der Waals surface area contributed by atoms with Crippen molar-refractivity contribution in [2.45, 2.75) is 38.4 Å². The van der Waals surface area contributed by atoms with Gasteiger partial charge >= 0.3 is 23.6 Å². The Hall–Kier alpha value is -6.00. The van der Waals surface area contributed by atoms with Crippen LogP contribution in [0.25, 0.3) is 0 Å². The monoisotopic (exact) mass is 791 g/mol. The second kappa shape index (κ2) is 17.0. The molecule has 0 saturated carbocycles. The van der Waals surface area contributed by atoms with Crippen LogP contribution in [0.15, 0.2) is 107 Å². The van der Waals surface area contributed by atoms with Crippen LogP contribution in [-0.4, -0.2) is 56.7 Å². The molecule has 14 nitrogen and oxygen atoms in total. The first-order valence-corrected chi connectivity index (χ1v) is 17.1. The summed E-state index contributed by atoms with van der Waals surface area (Å²) in [5.74, 6) is -5.54. The summed E-state index contributed by atoms with van der Waals surface area (Å²) in [6.07, 6.45) is -1.27. The molecule has 0 amide bonds. The molecule has 1 aliphatic heterocycles. The number of hydrogen-bond acceptors (Lipinski definition) is 12. The van der Waals surface area contributed by atoms with Crippen molar-refractivity contribution in [3.8, 4) is 11.6 Å². The summed E-state index contributed by atoms with van der Waals surface area (Å²) in [6.45, 7) is 1.02. The lowest BCUT2D eigenvalue weighted by molar-refractivity contribution is -0.148. The molecule has 5 aromatic rings. The SMILES string of the molecule is CC(=O)OC[C@H]1O[C@@H](n2cc(F)c(=O)n(C(=O)c3cccc(C(=O)Oc4cc(OC(=O)c5ccccc5)c(Cl)cn4)c3)c2=O)C[C@@H]1OCc1ccc(Cl)cc1. The number of rotatable bonds is 11. The van der Waals surface area contributed by atoms with Crippen LogP contribution < -0.4 is 20.7 Å². The Morgan fingerprint density at radius 2 is 1.58 bits per heavy atom. The van der Waals surface area contributed by atoms with E-state index < -0.39 is 59.3 Å². The molecule has 17 heteroatoms. The Balaban J connectivity index is 1.21. The zero-order valence-electron chi connectivity index (χ0n) is 28.6. The number of aromatic nitrogens is 3. The highest BCUT2D eigenvalue weighted by Gasteiger charge is 2.39. The molecule has 3 heterocycles.